The summed E-state index contributed by atoms with van der Waals surface area (Å²) in [5.41, 5.74) is 6.81. The van der Waals surface area contributed by atoms with Crippen molar-refractivity contribution in [3.63, 3.8) is 0 Å². The molecule has 94 valence electrons. The summed E-state index contributed by atoms with van der Waals surface area (Å²) in [6.45, 7) is 0. The molecule has 1 heteroatoms. The summed E-state index contributed by atoms with van der Waals surface area (Å²) in [7, 11) is 0. The molecule has 2 aromatic carbocycles. The molecule has 0 amide bonds. The molecule has 0 saturated heterocycles. The second kappa shape index (κ2) is 3.57. The van der Waals surface area contributed by atoms with E-state index in [9.17, 15) is 0 Å². The highest BCUT2D eigenvalue weighted by Gasteiger charge is 2.30. The predicted molar refractivity (Wildman–Crippen MR) is 80.3 cm³/mol. The summed E-state index contributed by atoms with van der Waals surface area (Å²) < 4.78 is 0. The summed E-state index contributed by atoms with van der Waals surface area (Å²) in [5.74, 6) is 0.504. The lowest BCUT2D eigenvalue weighted by Gasteiger charge is -2.15. The molecule has 0 bridgehead atoms. The van der Waals surface area contributed by atoms with E-state index in [0.29, 0.717) is 5.92 Å². The molecule has 1 atom stereocenters. The highest BCUT2D eigenvalue weighted by molar-refractivity contribution is 5.91. The summed E-state index contributed by atoms with van der Waals surface area (Å²) >= 11 is 0. The van der Waals surface area contributed by atoms with Crippen LogP contribution < -0.4 is 10.6 Å². The fourth-order valence-corrected chi connectivity index (χ4v) is 3.61. The first-order chi connectivity index (χ1) is 9.90. The summed E-state index contributed by atoms with van der Waals surface area (Å²) in [5, 5.41) is 2.38. The minimum atomic E-state index is 0.504. The van der Waals surface area contributed by atoms with E-state index in [4.69, 9.17) is 4.99 Å². The van der Waals surface area contributed by atoms with Crippen molar-refractivity contribution in [2.24, 2.45) is 10.9 Å². The van der Waals surface area contributed by atoms with Crippen LogP contribution in [0.4, 0.5) is 0 Å². The second-order valence-corrected chi connectivity index (χ2v) is 5.66. The molecular weight excluding hydrogens is 242 g/mol. The zero-order valence-corrected chi connectivity index (χ0v) is 11.0. The van der Waals surface area contributed by atoms with Crippen LogP contribution in [0.25, 0.3) is 11.1 Å². The van der Waals surface area contributed by atoms with Crippen LogP contribution in [0.1, 0.15) is 11.1 Å². The van der Waals surface area contributed by atoms with Crippen LogP contribution in [0.2, 0.25) is 0 Å². The molecule has 0 saturated carbocycles. The SMILES string of the molecule is C1=C2N=c3ccccc3=C2C=C2c3ccccc3CC12. The zero-order chi connectivity index (χ0) is 13.1. The van der Waals surface area contributed by atoms with Crippen LogP contribution in [-0.2, 0) is 6.42 Å². The zero-order valence-electron chi connectivity index (χ0n) is 11.0. The van der Waals surface area contributed by atoms with Crippen LogP contribution in [0.5, 0.6) is 0 Å². The van der Waals surface area contributed by atoms with Crippen LogP contribution in [0.15, 0.2) is 71.4 Å². The lowest BCUT2D eigenvalue weighted by molar-refractivity contribution is 0.857. The molecular formula is C19H13N. The van der Waals surface area contributed by atoms with Gasteiger partial charge in [0.05, 0.1) is 11.1 Å². The molecule has 1 heterocycles. The van der Waals surface area contributed by atoms with Gasteiger partial charge in [0, 0.05) is 16.7 Å². The van der Waals surface area contributed by atoms with Crippen molar-refractivity contribution < 1.29 is 0 Å². The molecule has 1 nitrogen and oxygen atoms in total. The molecule has 1 unspecified atom stereocenters. The number of benzene rings is 2. The highest BCUT2D eigenvalue weighted by Crippen LogP contribution is 2.43. The largest absolute Gasteiger partial charge is 0.248 e. The summed E-state index contributed by atoms with van der Waals surface area (Å²) in [6.07, 6.45) is 5.83. The van der Waals surface area contributed by atoms with E-state index in [1.807, 2.05) is 0 Å². The maximum Gasteiger partial charge on any atom is 0.0716 e. The maximum absolute atomic E-state index is 4.78. The number of hydrogen-bond donors (Lipinski definition) is 0. The van der Waals surface area contributed by atoms with Gasteiger partial charge in [0.15, 0.2) is 0 Å². The molecule has 0 fully saturated rings. The van der Waals surface area contributed by atoms with E-state index >= 15 is 0 Å². The van der Waals surface area contributed by atoms with E-state index in [1.165, 1.54) is 27.5 Å². The molecule has 0 spiro atoms. The highest BCUT2D eigenvalue weighted by atomic mass is 14.8. The molecule has 3 aliphatic rings. The van der Waals surface area contributed by atoms with Gasteiger partial charge < -0.3 is 0 Å². The Morgan fingerprint density at radius 1 is 0.950 bits per heavy atom. The fraction of sp³-hybridized carbons (Fsp3) is 0.105. The molecule has 5 rings (SSSR count). The Hall–Kier alpha value is -2.41. The van der Waals surface area contributed by atoms with Crippen molar-refractivity contribution in [1.29, 1.82) is 0 Å². The second-order valence-electron chi connectivity index (χ2n) is 5.66. The Bertz CT molecular complexity index is 928. The molecule has 20 heavy (non-hydrogen) atoms. The number of rotatable bonds is 0. The normalized spacial score (nSPS) is 21.2. The van der Waals surface area contributed by atoms with Crippen LogP contribution in [-0.4, -0.2) is 0 Å². The van der Waals surface area contributed by atoms with Crippen molar-refractivity contribution in [3.05, 3.63) is 88.1 Å². The summed E-state index contributed by atoms with van der Waals surface area (Å²) in [4.78, 5) is 4.78. The Labute approximate surface area is 117 Å². The average molecular weight is 255 g/mol. The van der Waals surface area contributed by atoms with Crippen molar-refractivity contribution in [2.75, 3.05) is 0 Å². The minimum Gasteiger partial charge on any atom is -0.248 e. The van der Waals surface area contributed by atoms with Gasteiger partial charge in [-0.1, -0.05) is 48.5 Å². The van der Waals surface area contributed by atoms with Crippen LogP contribution >= 0.6 is 0 Å². The first-order valence-corrected chi connectivity index (χ1v) is 7.10. The topological polar surface area (TPSA) is 12.4 Å². The number of hydrogen-bond acceptors (Lipinski definition) is 1. The number of fused-ring (bicyclic) bond motifs is 5. The minimum absolute atomic E-state index is 0.504. The Balaban J connectivity index is 1.82. The maximum atomic E-state index is 4.78. The van der Waals surface area contributed by atoms with E-state index < -0.39 is 0 Å². The van der Waals surface area contributed by atoms with E-state index in [2.05, 4.69) is 60.7 Å². The van der Waals surface area contributed by atoms with E-state index in [1.54, 1.807) is 0 Å². The predicted octanol–water partition coefficient (Wildman–Crippen LogP) is 2.62. The Morgan fingerprint density at radius 3 is 2.80 bits per heavy atom. The standard InChI is InChI=1S/C19H13N/c1-2-6-14-12(5-1)9-13-10-19-17(11-16(13)14)15-7-3-4-8-18(15)20-19/h1-8,10-11,13H,9H2. The molecule has 1 aliphatic heterocycles. The Kier molecular flexibility index (Phi) is 1.86. The van der Waals surface area contributed by atoms with E-state index in [-0.39, 0.29) is 0 Å². The van der Waals surface area contributed by atoms with E-state index in [0.717, 1.165) is 17.5 Å². The molecule has 0 aromatic heterocycles. The van der Waals surface area contributed by atoms with Crippen molar-refractivity contribution in [2.45, 2.75) is 6.42 Å². The number of nitrogens with zero attached hydrogens (tertiary/aromatic N) is 1. The first kappa shape index (κ1) is 10.4. The van der Waals surface area contributed by atoms with Crippen molar-refractivity contribution >= 4 is 11.1 Å². The fourth-order valence-electron chi connectivity index (χ4n) is 3.61. The molecule has 2 aliphatic carbocycles. The lowest BCUT2D eigenvalue weighted by atomic mass is 9.90. The van der Waals surface area contributed by atoms with Gasteiger partial charge in [-0.2, -0.15) is 0 Å². The smallest absolute Gasteiger partial charge is 0.0716 e. The molecule has 0 radical (unpaired) electrons. The van der Waals surface area contributed by atoms with Gasteiger partial charge in [-0.05, 0) is 35.3 Å². The Morgan fingerprint density at radius 2 is 1.80 bits per heavy atom. The van der Waals surface area contributed by atoms with Gasteiger partial charge in [0.2, 0.25) is 0 Å². The van der Waals surface area contributed by atoms with Gasteiger partial charge in [-0.15, -0.1) is 0 Å². The molecule has 2 aromatic rings. The van der Waals surface area contributed by atoms with Gasteiger partial charge in [-0.25, -0.2) is 4.99 Å². The summed E-state index contributed by atoms with van der Waals surface area (Å²) in [6, 6.07) is 17.2. The van der Waals surface area contributed by atoms with Crippen molar-refractivity contribution in [3.8, 4) is 0 Å². The molecule has 0 N–H and O–H groups in total. The van der Waals surface area contributed by atoms with Crippen LogP contribution in [0.3, 0.4) is 0 Å². The van der Waals surface area contributed by atoms with Gasteiger partial charge >= 0.3 is 0 Å². The lowest BCUT2D eigenvalue weighted by Crippen LogP contribution is -2.21. The van der Waals surface area contributed by atoms with Gasteiger partial charge in [0.1, 0.15) is 0 Å². The third kappa shape index (κ3) is 1.25. The third-order valence-corrected chi connectivity index (χ3v) is 4.54. The number of allylic oxidation sites excluding steroid dienone is 3. The van der Waals surface area contributed by atoms with Crippen molar-refractivity contribution in [1.82, 2.24) is 0 Å². The monoisotopic (exact) mass is 255 g/mol. The average Bonchev–Trinajstić information content (AvgIpc) is 3.02. The quantitative estimate of drug-likeness (QED) is 0.686. The van der Waals surface area contributed by atoms with Gasteiger partial charge in [0.25, 0.3) is 0 Å². The third-order valence-electron chi connectivity index (χ3n) is 4.54. The van der Waals surface area contributed by atoms with Gasteiger partial charge in [-0.3, -0.25) is 0 Å². The number of para-hydroxylation sites is 1. The van der Waals surface area contributed by atoms with Crippen LogP contribution in [0, 0.1) is 5.92 Å². The first-order valence-electron chi connectivity index (χ1n) is 7.10.